The molecule has 0 amide bonds. The van der Waals surface area contributed by atoms with Gasteiger partial charge in [0.1, 0.15) is 17.5 Å². The molecule has 1 unspecified atom stereocenters. The monoisotopic (exact) mass is 475 g/mol. The first-order chi connectivity index (χ1) is 15.7. The first-order valence-electron chi connectivity index (χ1n) is 11.3. The summed E-state index contributed by atoms with van der Waals surface area (Å²) in [7, 11) is -3.30. The first kappa shape index (κ1) is 25.0. The summed E-state index contributed by atoms with van der Waals surface area (Å²) in [6, 6.07) is 14.3. The number of carboxylic acid groups (broad SMARTS) is 1. The Morgan fingerprint density at radius 1 is 1.03 bits per heavy atom. The Morgan fingerprint density at radius 3 is 2.12 bits per heavy atom. The quantitative estimate of drug-likeness (QED) is 0.512. The SMILES string of the molecule is CCCCC(C(=O)O)N1CCN(Cc2ccc(Oc3ccc(NS(C)(=O)=O)cc3)cc2)CC1. The molecule has 33 heavy (non-hydrogen) atoms. The average molecular weight is 476 g/mol. The van der Waals surface area contributed by atoms with Gasteiger partial charge in [-0.25, -0.2) is 8.42 Å². The van der Waals surface area contributed by atoms with Crippen molar-refractivity contribution in [2.75, 3.05) is 37.2 Å². The van der Waals surface area contributed by atoms with Crippen molar-refractivity contribution in [2.24, 2.45) is 0 Å². The zero-order valence-electron chi connectivity index (χ0n) is 19.2. The standard InChI is InChI=1S/C24H33N3O5S/c1-3-4-5-23(24(28)29)27-16-14-26(15-17-27)18-19-6-10-21(11-7-19)32-22-12-8-20(9-13-22)25-33(2,30)31/h6-13,23,25H,3-5,14-18H2,1-2H3,(H,28,29). The predicted molar refractivity (Wildman–Crippen MR) is 129 cm³/mol. The molecule has 0 spiro atoms. The van der Waals surface area contributed by atoms with E-state index in [9.17, 15) is 18.3 Å². The molecule has 3 rings (SSSR count). The normalized spacial score (nSPS) is 16.3. The van der Waals surface area contributed by atoms with Gasteiger partial charge in [-0.15, -0.1) is 0 Å². The van der Waals surface area contributed by atoms with Gasteiger partial charge in [0.15, 0.2) is 0 Å². The van der Waals surface area contributed by atoms with Crippen LogP contribution < -0.4 is 9.46 Å². The van der Waals surface area contributed by atoms with Crippen LogP contribution in [-0.4, -0.2) is 67.8 Å². The molecule has 1 saturated heterocycles. The van der Waals surface area contributed by atoms with Crippen molar-refractivity contribution in [3.63, 3.8) is 0 Å². The number of hydrogen-bond acceptors (Lipinski definition) is 6. The van der Waals surface area contributed by atoms with E-state index >= 15 is 0 Å². The van der Waals surface area contributed by atoms with Crippen LogP contribution in [0.15, 0.2) is 48.5 Å². The molecule has 0 radical (unpaired) electrons. The third-order valence-corrected chi connectivity index (χ3v) is 6.29. The van der Waals surface area contributed by atoms with Gasteiger partial charge in [-0.2, -0.15) is 0 Å². The number of ether oxygens (including phenoxy) is 1. The second-order valence-corrected chi connectivity index (χ2v) is 10.2. The lowest BCUT2D eigenvalue weighted by atomic mass is 10.1. The molecule has 1 atom stereocenters. The second kappa shape index (κ2) is 11.5. The van der Waals surface area contributed by atoms with Crippen LogP contribution in [0.1, 0.15) is 31.7 Å². The molecular weight excluding hydrogens is 442 g/mol. The molecule has 8 nitrogen and oxygen atoms in total. The van der Waals surface area contributed by atoms with E-state index in [1.54, 1.807) is 24.3 Å². The number of benzene rings is 2. The van der Waals surface area contributed by atoms with E-state index in [1.165, 1.54) is 5.56 Å². The molecule has 2 N–H and O–H groups in total. The van der Waals surface area contributed by atoms with Crippen molar-refractivity contribution in [1.82, 2.24) is 9.80 Å². The number of carbonyl (C=O) groups is 1. The predicted octanol–water partition coefficient (Wildman–Crippen LogP) is 3.61. The number of sulfonamides is 1. The van der Waals surface area contributed by atoms with Gasteiger partial charge >= 0.3 is 5.97 Å². The summed E-state index contributed by atoms with van der Waals surface area (Å²) in [6.07, 6.45) is 3.77. The molecular formula is C24H33N3O5S. The molecule has 180 valence electrons. The molecule has 9 heteroatoms. The fourth-order valence-corrected chi connectivity index (χ4v) is 4.52. The summed E-state index contributed by atoms with van der Waals surface area (Å²) in [6.45, 7) is 6.14. The minimum absolute atomic E-state index is 0.375. The van der Waals surface area contributed by atoms with Crippen LogP contribution in [-0.2, 0) is 21.4 Å². The summed E-state index contributed by atoms with van der Waals surface area (Å²) >= 11 is 0. The van der Waals surface area contributed by atoms with Crippen molar-refractivity contribution >= 4 is 21.7 Å². The molecule has 0 aliphatic carbocycles. The Kier molecular flexibility index (Phi) is 8.71. The maximum Gasteiger partial charge on any atom is 0.320 e. The van der Waals surface area contributed by atoms with Crippen molar-refractivity contribution < 1.29 is 23.1 Å². The van der Waals surface area contributed by atoms with Crippen LogP contribution in [0.25, 0.3) is 0 Å². The molecule has 1 aliphatic heterocycles. The molecule has 1 aliphatic rings. The number of unbranched alkanes of at least 4 members (excludes halogenated alkanes) is 1. The molecule has 1 heterocycles. The fraction of sp³-hybridized carbons (Fsp3) is 0.458. The number of aliphatic carboxylic acids is 1. The first-order valence-corrected chi connectivity index (χ1v) is 13.2. The lowest BCUT2D eigenvalue weighted by Crippen LogP contribution is -2.52. The van der Waals surface area contributed by atoms with Gasteiger partial charge in [-0.1, -0.05) is 31.9 Å². The highest BCUT2D eigenvalue weighted by atomic mass is 32.2. The highest BCUT2D eigenvalue weighted by Gasteiger charge is 2.28. The third kappa shape index (κ3) is 8.03. The van der Waals surface area contributed by atoms with Gasteiger partial charge in [0.05, 0.1) is 6.26 Å². The molecule has 1 fully saturated rings. The van der Waals surface area contributed by atoms with E-state index in [1.807, 2.05) is 24.3 Å². The van der Waals surface area contributed by atoms with Crippen LogP contribution in [0.4, 0.5) is 5.69 Å². The Morgan fingerprint density at radius 2 is 1.61 bits per heavy atom. The second-order valence-electron chi connectivity index (χ2n) is 8.45. The van der Waals surface area contributed by atoms with Crippen molar-refractivity contribution in [3.05, 3.63) is 54.1 Å². The van der Waals surface area contributed by atoms with Gasteiger partial charge < -0.3 is 9.84 Å². The third-order valence-electron chi connectivity index (χ3n) is 5.69. The Balaban J connectivity index is 1.48. The van der Waals surface area contributed by atoms with E-state index in [0.717, 1.165) is 51.8 Å². The molecule has 2 aromatic rings. The number of anilines is 1. The number of nitrogens with one attached hydrogen (secondary N) is 1. The zero-order valence-corrected chi connectivity index (χ0v) is 20.1. The lowest BCUT2D eigenvalue weighted by Gasteiger charge is -2.37. The lowest BCUT2D eigenvalue weighted by molar-refractivity contribution is -0.144. The summed E-state index contributed by atoms with van der Waals surface area (Å²) in [5, 5.41) is 9.55. The zero-order chi connectivity index (χ0) is 23.8. The number of nitrogens with zero attached hydrogens (tertiary/aromatic N) is 2. The number of rotatable bonds is 11. The molecule has 0 aromatic heterocycles. The molecule has 2 aromatic carbocycles. The van der Waals surface area contributed by atoms with Crippen molar-refractivity contribution in [2.45, 2.75) is 38.8 Å². The van der Waals surface area contributed by atoms with E-state index in [2.05, 4.69) is 21.4 Å². The Labute approximate surface area is 196 Å². The summed E-state index contributed by atoms with van der Waals surface area (Å²) in [4.78, 5) is 16.1. The van der Waals surface area contributed by atoms with Crippen LogP contribution in [0.2, 0.25) is 0 Å². The van der Waals surface area contributed by atoms with E-state index in [4.69, 9.17) is 4.74 Å². The smallest absolute Gasteiger partial charge is 0.320 e. The van der Waals surface area contributed by atoms with Crippen LogP contribution >= 0.6 is 0 Å². The Hall–Kier alpha value is -2.62. The highest BCUT2D eigenvalue weighted by Crippen LogP contribution is 2.24. The minimum atomic E-state index is -3.30. The van der Waals surface area contributed by atoms with E-state index in [-0.39, 0.29) is 6.04 Å². The van der Waals surface area contributed by atoms with Gasteiger partial charge in [0.2, 0.25) is 10.0 Å². The highest BCUT2D eigenvalue weighted by molar-refractivity contribution is 7.92. The fourth-order valence-electron chi connectivity index (χ4n) is 3.96. The van der Waals surface area contributed by atoms with Crippen molar-refractivity contribution in [3.8, 4) is 11.5 Å². The van der Waals surface area contributed by atoms with Gasteiger partial charge in [-0.3, -0.25) is 19.3 Å². The number of carboxylic acids is 1. The average Bonchev–Trinajstić information content (AvgIpc) is 2.77. The minimum Gasteiger partial charge on any atom is -0.480 e. The van der Waals surface area contributed by atoms with Crippen LogP contribution in [0.3, 0.4) is 0 Å². The summed E-state index contributed by atoms with van der Waals surface area (Å²) in [5.74, 6) is 0.607. The van der Waals surface area contributed by atoms with Crippen molar-refractivity contribution in [1.29, 1.82) is 0 Å². The maximum absolute atomic E-state index is 11.6. The van der Waals surface area contributed by atoms with Crippen LogP contribution in [0.5, 0.6) is 11.5 Å². The molecule has 0 bridgehead atoms. The maximum atomic E-state index is 11.6. The van der Waals surface area contributed by atoms with Gasteiger partial charge in [-0.05, 0) is 48.4 Å². The summed E-state index contributed by atoms with van der Waals surface area (Å²) < 4.78 is 30.9. The molecule has 0 saturated carbocycles. The topological polar surface area (TPSA) is 99.2 Å². The largest absolute Gasteiger partial charge is 0.480 e. The van der Waals surface area contributed by atoms with E-state index < -0.39 is 16.0 Å². The van der Waals surface area contributed by atoms with E-state index in [0.29, 0.717) is 23.6 Å². The summed E-state index contributed by atoms with van der Waals surface area (Å²) in [5.41, 5.74) is 1.66. The van der Waals surface area contributed by atoms with Gasteiger partial charge in [0.25, 0.3) is 0 Å². The number of piperazine rings is 1. The van der Waals surface area contributed by atoms with Crippen LogP contribution in [0, 0.1) is 0 Å². The Bertz CT molecular complexity index is 1000. The number of hydrogen-bond donors (Lipinski definition) is 2. The van der Waals surface area contributed by atoms with Gasteiger partial charge in [0, 0.05) is 38.4 Å².